The molecule has 1 heterocycles. The first kappa shape index (κ1) is 19.3. The van der Waals surface area contributed by atoms with E-state index < -0.39 is 12.3 Å². The number of halogens is 1. The van der Waals surface area contributed by atoms with E-state index in [2.05, 4.69) is 0 Å². The van der Waals surface area contributed by atoms with E-state index in [1.807, 2.05) is 47.4 Å². The zero-order chi connectivity index (χ0) is 19.2. The van der Waals surface area contributed by atoms with E-state index in [1.54, 1.807) is 24.1 Å². The Morgan fingerprint density at radius 3 is 2.59 bits per heavy atom. The predicted octanol–water partition coefficient (Wildman–Crippen LogP) is 2.71. The summed E-state index contributed by atoms with van der Waals surface area (Å²) in [6, 6.07) is 15.9. The highest BCUT2D eigenvalue weighted by atomic mass is 19.1. The summed E-state index contributed by atoms with van der Waals surface area (Å²) in [6.45, 7) is 2.15. The number of rotatable bonds is 7. The zero-order valence-corrected chi connectivity index (χ0v) is 15.6. The van der Waals surface area contributed by atoms with Crippen molar-refractivity contribution < 1.29 is 13.9 Å². The van der Waals surface area contributed by atoms with Crippen molar-refractivity contribution in [3.8, 4) is 5.75 Å². The third-order valence-corrected chi connectivity index (χ3v) is 4.95. The Bertz CT molecular complexity index is 756. The molecule has 6 heteroatoms. The largest absolute Gasteiger partial charge is 0.495 e. The summed E-state index contributed by atoms with van der Waals surface area (Å²) in [5.74, 6) is 0.601. The molecule has 3 rings (SSSR count). The van der Waals surface area contributed by atoms with Crippen LogP contribution in [-0.4, -0.2) is 56.3 Å². The summed E-state index contributed by atoms with van der Waals surface area (Å²) < 4.78 is 20.1. The summed E-state index contributed by atoms with van der Waals surface area (Å²) in [6.07, 6.45) is -0.620. The second-order valence-corrected chi connectivity index (χ2v) is 6.73. The van der Waals surface area contributed by atoms with E-state index in [0.29, 0.717) is 37.4 Å². The number of piperazine rings is 1. The molecule has 1 fully saturated rings. The van der Waals surface area contributed by atoms with Crippen LogP contribution >= 0.6 is 0 Å². The van der Waals surface area contributed by atoms with Gasteiger partial charge in [-0.2, -0.15) is 0 Å². The number of carbonyl (C=O) groups is 1. The fourth-order valence-electron chi connectivity index (χ4n) is 3.40. The van der Waals surface area contributed by atoms with Crippen LogP contribution in [0.25, 0.3) is 0 Å². The molecule has 0 saturated carbocycles. The third kappa shape index (κ3) is 4.64. The lowest BCUT2D eigenvalue weighted by Crippen LogP contribution is -2.52. The Balaban J connectivity index is 1.53. The van der Waals surface area contributed by atoms with Gasteiger partial charge in [0.2, 0.25) is 0 Å². The van der Waals surface area contributed by atoms with Crippen LogP contribution in [0.15, 0.2) is 54.6 Å². The quantitative estimate of drug-likeness (QED) is 0.599. The molecule has 144 valence electrons. The van der Waals surface area contributed by atoms with E-state index in [9.17, 15) is 9.18 Å². The first-order chi connectivity index (χ1) is 13.1. The van der Waals surface area contributed by atoms with Crippen molar-refractivity contribution in [3.63, 3.8) is 0 Å². The number of nitrogens with zero attached hydrogens (tertiary/aromatic N) is 2. The molecule has 2 unspecified atom stereocenters. The summed E-state index contributed by atoms with van der Waals surface area (Å²) in [7, 11) is 1.59. The lowest BCUT2D eigenvalue weighted by molar-refractivity contribution is 0.0941. The lowest BCUT2D eigenvalue weighted by atomic mass is 10.0. The molecule has 0 radical (unpaired) electrons. The number of ether oxygens (including phenoxy) is 1. The average Bonchev–Trinajstić information content (AvgIpc) is 2.72. The van der Waals surface area contributed by atoms with Gasteiger partial charge in [0.1, 0.15) is 5.75 Å². The van der Waals surface area contributed by atoms with Gasteiger partial charge in [-0.25, -0.2) is 4.39 Å². The number of methoxy groups -OCH3 is 1. The molecule has 27 heavy (non-hydrogen) atoms. The van der Waals surface area contributed by atoms with Gasteiger partial charge in [0.15, 0.2) is 12.1 Å². The molecule has 5 nitrogen and oxygen atoms in total. The van der Waals surface area contributed by atoms with E-state index in [4.69, 9.17) is 10.5 Å². The highest BCUT2D eigenvalue weighted by molar-refractivity contribution is 5.99. The van der Waals surface area contributed by atoms with Gasteiger partial charge in [0, 0.05) is 31.7 Å². The maximum absolute atomic E-state index is 14.8. The van der Waals surface area contributed by atoms with Crippen LogP contribution in [-0.2, 0) is 0 Å². The average molecular weight is 371 g/mol. The highest BCUT2D eigenvalue weighted by Gasteiger charge is 2.29. The maximum Gasteiger partial charge on any atom is 0.185 e. The van der Waals surface area contributed by atoms with Crippen LogP contribution < -0.4 is 15.4 Å². The number of Topliss-reactive ketones (excluding diaryl/α,β-unsaturated/α-hetero) is 1. The molecule has 2 aromatic rings. The van der Waals surface area contributed by atoms with Crippen molar-refractivity contribution in [3.05, 3.63) is 60.2 Å². The minimum absolute atomic E-state index is 0.0694. The van der Waals surface area contributed by atoms with E-state index in [1.165, 1.54) is 0 Å². The van der Waals surface area contributed by atoms with Crippen molar-refractivity contribution >= 4 is 11.5 Å². The number of hydrogen-bond acceptors (Lipinski definition) is 5. The topological polar surface area (TPSA) is 58.8 Å². The zero-order valence-electron chi connectivity index (χ0n) is 15.6. The predicted molar refractivity (Wildman–Crippen MR) is 105 cm³/mol. The number of carbonyl (C=O) groups excluding carboxylic acids is 1. The lowest BCUT2D eigenvalue weighted by Gasteiger charge is -2.39. The van der Waals surface area contributed by atoms with Gasteiger partial charge in [0.05, 0.1) is 18.8 Å². The minimum atomic E-state index is -1.13. The Hall–Kier alpha value is -2.44. The number of para-hydroxylation sites is 2. The summed E-state index contributed by atoms with van der Waals surface area (Å²) >= 11 is 0. The summed E-state index contributed by atoms with van der Waals surface area (Å²) in [5.41, 5.74) is 7.45. The third-order valence-electron chi connectivity index (χ3n) is 4.95. The fraction of sp³-hybridized carbons (Fsp3) is 0.381. The molecular weight excluding hydrogens is 345 g/mol. The van der Waals surface area contributed by atoms with Gasteiger partial charge >= 0.3 is 0 Å². The molecule has 0 aromatic heterocycles. The van der Waals surface area contributed by atoms with Crippen molar-refractivity contribution in [2.45, 2.75) is 18.8 Å². The van der Waals surface area contributed by atoms with Crippen molar-refractivity contribution in [1.82, 2.24) is 4.90 Å². The summed E-state index contributed by atoms with van der Waals surface area (Å²) in [5, 5.41) is 0. The Kier molecular flexibility index (Phi) is 6.42. The highest BCUT2D eigenvalue weighted by Crippen LogP contribution is 2.31. The molecule has 0 bridgehead atoms. The SMILES string of the molecule is COc1ccccc1N1CCN(CCC(N)C(=O)c2ccccc2)CC1F. The van der Waals surface area contributed by atoms with Crippen molar-refractivity contribution in [1.29, 1.82) is 0 Å². The number of ketones is 1. The molecule has 0 spiro atoms. The number of alkyl halides is 1. The number of anilines is 1. The van der Waals surface area contributed by atoms with E-state index >= 15 is 0 Å². The van der Waals surface area contributed by atoms with Crippen LogP contribution in [0.3, 0.4) is 0 Å². The van der Waals surface area contributed by atoms with Crippen LogP contribution in [0.2, 0.25) is 0 Å². The van der Waals surface area contributed by atoms with Gasteiger partial charge in [-0.3, -0.25) is 9.69 Å². The number of nitrogens with two attached hydrogens (primary N) is 1. The fourth-order valence-corrected chi connectivity index (χ4v) is 3.40. The van der Waals surface area contributed by atoms with Crippen molar-refractivity contribution in [2.24, 2.45) is 5.73 Å². The smallest absolute Gasteiger partial charge is 0.185 e. The Morgan fingerprint density at radius 1 is 1.19 bits per heavy atom. The van der Waals surface area contributed by atoms with E-state index in [0.717, 1.165) is 5.69 Å². The Labute approximate surface area is 159 Å². The van der Waals surface area contributed by atoms with Crippen LogP contribution in [0.4, 0.5) is 10.1 Å². The van der Waals surface area contributed by atoms with Crippen LogP contribution in [0, 0.1) is 0 Å². The van der Waals surface area contributed by atoms with Crippen LogP contribution in [0.5, 0.6) is 5.75 Å². The number of hydrogen-bond donors (Lipinski definition) is 1. The molecular formula is C21H26FN3O2. The molecule has 1 saturated heterocycles. The standard InChI is InChI=1S/C21H26FN3O2/c1-27-19-10-6-5-9-18(19)25-14-13-24(15-20(25)22)12-11-17(23)21(26)16-7-3-2-4-8-16/h2-10,17,20H,11-15,23H2,1H3. The molecule has 0 aliphatic carbocycles. The molecule has 1 aliphatic rings. The Morgan fingerprint density at radius 2 is 1.89 bits per heavy atom. The first-order valence-electron chi connectivity index (χ1n) is 9.21. The molecule has 2 N–H and O–H groups in total. The number of benzene rings is 2. The minimum Gasteiger partial charge on any atom is -0.495 e. The molecule has 0 amide bonds. The molecule has 1 aliphatic heterocycles. The van der Waals surface area contributed by atoms with Gasteiger partial charge in [-0.05, 0) is 18.6 Å². The van der Waals surface area contributed by atoms with Gasteiger partial charge in [-0.1, -0.05) is 42.5 Å². The monoisotopic (exact) mass is 371 g/mol. The van der Waals surface area contributed by atoms with Gasteiger partial charge < -0.3 is 15.4 Å². The second kappa shape index (κ2) is 8.97. The van der Waals surface area contributed by atoms with Gasteiger partial charge in [-0.15, -0.1) is 0 Å². The maximum atomic E-state index is 14.8. The summed E-state index contributed by atoms with van der Waals surface area (Å²) in [4.78, 5) is 16.1. The van der Waals surface area contributed by atoms with Crippen LogP contribution in [0.1, 0.15) is 16.8 Å². The molecule has 2 aromatic carbocycles. The van der Waals surface area contributed by atoms with E-state index in [-0.39, 0.29) is 12.3 Å². The van der Waals surface area contributed by atoms with Gasteiger partial charge in [0.25, 0.3) is 0 Å². The normalized spacial score (nSPS) is 18.9. The first-order valence-corrected chi connectivity index (χ1v) is 9.21. The second-order valence-electron chi connectivity index (χ2n) is 6.73. The van der Waals surface area contributed by atoms with Crippen molar-refractivity contribution in [2.75, 3.05) is 38.2 Å². The molecule has 2 atom stereocenters.